The van der Waals surface area contributed by atoms with E-state index < -0.39 is 5.60 Å². The molecule has 2 heterocycles. The van der Waals surface area contributed by atoms with Crippen molar-refractivity contribution in [2.45, 2.75) is 32.8 Å². The van der Waals surface area contributed by atoms with Gasteiger partial charge in [0.05, 0.1) is 5.56 Å². The van der Waals surface area contributed by atoms with Gasteiger partial charge in [0.25, 0.3) is 0 Å². The van der Waals surface area contributed by atoms with Crippen molar-refractivity contribution >= 4 is 29.7 Å². The van der Waals surface area contributed by atoms with E-state index in [4.69, 9.17) is 16.3 Å². The van der Waals surface area contributed by atoms with Crippen LogP contribution in [0.2, 0.25) is 5.15 Å². The summed E-state index contributed by atoms with van der Waals surface area (Å²) in [7, 11) is 0. The molecule has 2 rings (SSSR count). The molecule has 0 aromatic carbocycles. The summed E-state index contributed by atoms with van der Waals surface area (Å²) in [5, 5.41) is 3.55. The molecule has 0 saturated carbocycles. The minimum Gasteiger partial charge on any atom is -0.444 e. The molecule has 126 valence electrons. The van der Waals surface area contributed by atoms with Gasteiger partial charge >= 0.3 is 6.09 Å². The predicted molar refractivity (Wildman–Crippen MR) is 89.0 cm³/mol. The number of hydrogen-bond donors (Lipinski definition) is 1. The van der Waals surface area contributed by atoms with Crippen LogP contribution in [0.4, 0.5) is 10.5 Å². The number of aldehydes is 1. The Kier molecular flexibility index (Phi) is 5.46. The van der Waals surface area contributed by atoms with Gasteiger partial charge < -0.3 is 15.0 Å². The number of pyridine rings is 1. The molecule has 6 nitrogen and oxygen atoms in total. The van der Waals surface area contributed by atoms with Crippen LogP contribution in [-0.4, -0.2) is 47.5 Å². The lowest BCUT2D eigenvalue weighted by atomic mass is 10.1. The van der Waals surface area contributed by atoms with E-state index in [1.54, 1.807) is 11.0 Å². The molecule has 0 radical (unpaired) electrons. The third-order valence-corrected chi connectivity index (χ3v) is 3.75. The van der Waals surface area contributed by atoms with Gasteiger partial charge in [-0.1, -0.05) is 11.6 Å². The van der Waals surface area contributed by atoms with Crippen LogP contribution in [0.15, 0.2) is 12.3 Å². The summed E-state index contributed by atoms with van der Waals surface area (Å²) < 4.78 is 5.38. The van der Waals surface area contributed by atoms with E-state index in [-0.39, 0.29) is 6.09 Å². The Hall–Kier alpha value is -1.82. The van der Waals surface area contributed by atoms with Crippen LogP contribution < -0.4 is 5.32 Å². The maximum absolute atomic E-state index is 12.0. The highest BCUT2D eigenvalue weighted by Crippen LogP contribution is 2.22. The number of anilines is 1. The van der Waals surface area contributed by atoms with Gasteiger partial charge in [-0.05, 0) is 39.2 Å². The number of rotatable bonds is 4. The van der Waals surface area contributed by atoms with Crippen molar-refractivity contribution in [3.63, 3.8) is 0 Å². The number of ether oxygens (including phenoxy) is 1. The van der Waals surface area contributed by atoms with Crippen molar-refractivity contribution in [3.05, 3.63) is 23.0 Å². The Balaban J connectivity index is 1.88. The molecular formula is C16H22ClN3O3. The summed E-state index contributed by atoms with van der Waals surface area (Å²) in [5.74, 6) is 0.300. The number of nitrogens with zero attached hydrogens (tertiary/aromatic N) is 2. The monoisotopic (exact) mass is 339 g/mol. The van der Waals surface area contributed by atoms with E-state index in [2.05, 4.69) is 10.3 Å². The highest BCUT2D eigenvalue weighted by atomic mass is 35.5. The number of likely N-dealkylation sites (tertiary alicyclic amines) is 1. The predicted octanol–water partition coefficient (Wildman–Crippen LogP) is 3.22. The zero-order valence-electron chi connectivity index (χ0n) is 13.6. The molecule has 1 unspecified atom stereocenters. The Morgan fingerprint density at radius 2 is 2.30 bits per heavy atom. The number of halogens is 1. The fourth-order valence-corrected chi connectivity index (χ4v) is 2.59. The molecule has 1 N–H and O–H groups in total. The van der Waals surface area contributed by atoms with Crippen molar-refractivity contribution in [2.24, 2.45) is 5.92 Å². The van der Waals surface area contributed by atoms with Crippen LogP contribution in [-0.2, 0) is 4.74 Å². The smallest absolute Gasteiger partial charge is 0.410 e. The highest BCUT2D eigenvalue weighted by molar-refractivity contribution is 6.29. The Morgan fingerprint density at radius 1 is 1.57 bits per heavy atom. The van der Waals surface area contributed by atoms with E-state index in [0.717, 1.165) is 12.7 Å². The summed E-state index contributed by atoms with van der Waals surface area (Å²) in [6.07, 6.45) is 2.80. The third-order valence-electron chi connectivity index (χ3n) is 3.55. The van der Waals surface area contributed by atoms with Crippen LogP contribution in [0.25, 0.3) is 0 Å². The molecule has 0 bridgehead atoms. The van der Waals surface area contributed by atoms with Crippen LogP contribution >= 0.6 is 11.6 Å². The largest absolute Gasteiger partial charge is 0.444 e. The molecule has 23 heavy (non-hydrogen) atoms. The first-order chi connectivity index (χ1) is 10.8. The second kappa shape index (κ2) is 7.17. The lowest BCUT2D eigenvalue weighted by molar-refractivity contribution is 0.0289. The van der Waals surface area contributed by atoms with Crippen LogP contribution in [0.3, 0.4) is 0 Å². The average molecular weight is 340 g/mol. The molecule has 7 heteroatoms. The van der Waals surface area contributed by atoms with E-state index >= 15 is 0 Å². The molecular weight excluding hydrogens is 318 g/mol. The zero-order valence-corrected chi connectivity index (χ0v) is 14.4. The first kappa shape index (κ1) is 17.5. The quantitative estimate of drug-likeness (QED) is 0.673. The van der Waals surface area contributed by atoms with Crippen LogP contribution in [0.1, 0.15) is 37.6 Å². The number of carbonyl (C=O) groups is 2. The second-order valence-corrected chi connectivity index (χ2v) is 7.06. The summed E-state index contributed by atoms with van der Waals surface area (Å²) >= 11 is 5.86. The molecule has 1 aromatic rings. The third kappa shape index (κ3) is 5.10. The Morgan fingerprint density at radius 3 is 2.96 bits per heavy atom. The summed E-state index contributed by atoms with van der Waals surface area (Å²) in [4.78, 5) is 28.7. The molecule has 1 aromatic heterocycles. The normalized spacial score (nSPS) is 17.9. The minimum atomic E-state index is -0.486. The summed E-state index contributed by atoms with van der Waals surface area (Å²) in [5.41, 5.74) is 0.646. The highest BCUT2D eigenvalue weighted by Gasteiger charge is 2.29. The van der Waals surface area contributed by atoms with Gasteiger partial charge in [0, 0.05) is 31.5 Å². The average Bonchev–Trinajstić information content (AvgIpc) is 2.92. The molecule has 1 amide bonds. The van der Waals surface area contributed by atoms with Crippen LogP contribution in [0, 0.1) is 5.92 Å². The molecule has 0 spiro atoms. The minimum absolute atomic E-state index is 0.277. The van der Waals surface area contributed by atoms with Crippen molar-refractivity contribution in [1.82, 2.24) is 9.88 Å². The lowest BCUT2D eigenvalue weighted by Crippen LogP contribution is -2.35. The summed E-state index contributed by atoms with van der Waals surface area (Å²) in [6, 6.07) is 1.63. The number of carbonyl (C=O) groups excluding carboxylic acids is 2. The first-order valence-corrected chi connectivity index (χ1v) is 7.99. The fourth-order valence-electron chi connectivity index (χ4n) is 2.43. The fraction of sp³-hybridized carbons (Fsp3) is 0.562. The topological polar surface area (TPSA) is 71.5 Å². The Bertz CT molecular complexity index is 586. The van der Waals surface area contributed by atoms with E-state index in [1.807, 2.05) is 20.8 Å². The van der Waals surface area contributed by atoms with Gasteiger partial charge in [-0.2, -0.15) is 0 Å². The van der Waals surface area contributed by atoms with E-state index in [0.29, 0.717) is 42.0 Å². The van der Waals surface area contributed by atoms with Gasteiger partial charge in [-0.3, -0.25) is 4.79 Å². The van der Waals surface area contributed by atoms with E-state index in [9.17, 15) is 9.59 Å². The lowest BCUT2D eigenvalue weighted by Gasteiger charge is -2.24. The van der Waals surface area contributed by atoms with Gasteiger partial charge in [-0.15, -0.1) is 0 Å². The molecule has 1 atom stereocenters. The van der Waals surface area contributed by atoms with Crippen LogP contribution in [0.5, 0.6) is 0 Å². The number of amides is 1. The SMILES string of the molecule is CC(C)(C)OC(=O)N1CCC(CNc2cc(Cl)ncc2C=O)C1. The van der Waals surface area contributed by atoms with Crippen molar-refractivity contribution in [1.29, 1.82) is 0 Å². The Labute approximate surface area is 141 Å². The van der Waals surface area contributed by atoms with Crippen molar-refractivity contribution in [3.8, 4) is 0 Å². The maximum Gasteiger partial charge on any atom is 0.410 e. The van der Waals surface area contributed by atoms with E-state index in [1.165, 1.54) is 6.20 Å². The van der Waals surface area contributed by atoms with Gasteiger partial charge in [0.1, 0.15) is 10.8 Å². The van der Waals surface area contributed by atoms with Crippen molar-refractivity contribution in [2.75, 3.05) is 25.0 Å². The molecule has 1 aliphatic rings. The van der Waals surface area contributed by atoms with Gasteiger partial charge in [0.15, 0.2) is 6.29 Å². The molecule has 0 aliphatic carbocycles. The number of nitrogens with one attached hydrogen (secondary N) is 1. The van der Waals surface area contributed by atoms with Crippen molar-refractivity contribution < 1.29 is 14.3 Å². The van der Waals surface area contributed by atoms with Gasteiger partial charge in [-0.25, -0.2) is 9.78 Å². The number of aromatic nitrogens is 1. The summed E-state index contributed by atoms with van der Waals surface area (Å²) in [6.45, 7) is 7.53. The maximum atomic E-state index is 12.0. The molecule has 1 fully saturated rings. The van der Waals surface area contributed by atoms with Gasteiger partial charge in [0.2, 0.25) is 0 Å². The molecule has 1 saturated heterocycles. The standard InChI is InChI=1S/C16H22ClN3O3/c1-16(2,3)23-15(22)20-5-4-11(9-20)7-18-13-6-14(17)19-8-12(13)10-21/h6,8,10-11H,4-5,7,9H2,1-3H3,(H,18,19). The first-order valence-electron chi connectivity index (χ1n) is 7.61. The second-order valence-electron chi connectivity index (χ2n) is 6.67. The molecule has 1 aliphatic heterocycles. The zero-order chi connectivity index (χ0) is 17.0. The number of hydrogen-bond acceptors (Lipinski definition) is 5.